The number of carbonyl (C=O) groups is 2. The van der Waals surface area contributed by atoms with Gasteiger partial charge >= 0.3 is 6.03 Å². The summed E-state index contributed by atoms with van der Waals surface area (Å²) in [6, 6.07) is 26.7. The van der Waals surface area contributed by atoms with Crippen molar-refractivity contribution in [2.45, 2.75) is 12.1 Å². The topological polar surface area (TPSA) is 52.7 Å². The van der Waals surface area contributed by atoms with Gasteiger partial charge in [0.05, 0.1) is 0 Å². The van der Waals surface area contributed by atoms with Gasteiger partial charge in [-0.15, -0.1) is 0 Å². The molecular weight excluding hydrogens is 362 g/mol. The van der Waals surface area contributed by atoms with E-state index in [1.165, 1.54) is 0 Å². The molecule has 5 heteroatoms. The number of nitrogens with one attached hydrogen (secondary N) is 1. The second-order valence-corrected chi connectivity index (χ2v) is 7.34. The number of amides is 3. The van der Waals surface area contributed by atoms with E-state index in [0.717, 1.165) is 23.2 Å². The molecular formula is C24H21N3O2. The molecule has 0 aliphatic carbocycles. The van der Waals surface area contributed by atoms with Crippen molar-refractivity contribution in [2.24, 2.45) is 0 Å². The number of nitrogens with zero attached hydrogens (tertiary/aromatic N) is 2. The molecule has 29 heavy (non-hydrogen) atoms. The normalized spacial score (nSPS) is 20.2. The van der Waals surface area contributed by atoms with E-state index in [1.807, 2.05) is 94.7 Å². The van der Waals surface area contributed by atoms with Crippen molar-refractivity contribution in [1.82, 2.24) is 9.80 Å². The Morgan fingerprint density at radius 2 is 1.48 bits per heavy atom. The quantitative estimate of drug-likeness (QED) is 0.718. The van der Waals surface area contributed by atoms with E-state index in [9.17, 15) is 9.59 Å². The zero-order chi connectivity index (χ0) is 19.8. The highest BCUT2D eigenvalue weighted by Gasteiger charge is 2.57. The van der Waals surface area contributed by atoms with Crippen molar-refractivity contribution in [3.05, 3.63) is 102 Å². The van der Waals surface area contributed by atoms with Crippen LogP contribution in [0.3, 0.4) is 0 Å². The van der Waals surface area contributed by atoms with Crippen LogP contribution < -0.4 is 5.32 Å². The van der Waals surface area contributed by atoms with Crippen LogP contribution in [-0.4, -0.2) is 34.8 Å². The number of anilines is 1. The summed E-state index contributed by atoms with van der Waals surface area (Å²) in [7, 11) is 0. The summed E-state index contributed by atoms with van der Waals surface area (Å²) in [4.78, 5) is 30.4. The molecule has 2 aliphatic rings. The molecule has 3 amide bonds. The summed E-state index contributed by atoms with van der Waals surface area (Å²) in [5, 5.41) is 3.01. The molecule has 144 valence electrons. The summed E-state index contributed by atoms with van der Waals surface area (Å²) < 4.78 is 0. The summed E-state index contributed by atoms with van der Waals surface area (Å²) >= 11 is 0. The summed E-state index contributed by atoms with van der Waals surface area (Å²) in [5.74, 6) is -0.0262. The molecule has 0 saturated carbocycles. The number of benzene rings is 3. The highest BCUT2D eigenvalue weighted by molar-refractivity contribution is 6.02. The third-order valence-electron chi connectivity index (χ3n) is 5.77. The van der Waals surface area contributed by atoms with Gasteiger partial charge < -0.3 is 10.2 Å². The average molecular weight is 383 g/mol. The van der Waals surface area contributed by atoms with Crippen LogP contribution in [0.25, 0.3) is 0 Å². The zero-order valence-corrected chi connectivity index (χ0v) is 15.9. The number of hydrogen-bond donors (Lipinski definition) is 1. The SMILES string of the molecule is O=C(Nc1ccccc1)N1CCCN2C(=O)c3ccccc3C12c1ccccc1. The van der Waals surface area contributed by atoms with Gasteiger partial charge in [0.2, 0.25) is 0 Å². The van der Waals surface area contributed by atoms with Crippen molar-refractivity contribution in [3.8, 4) is 0 Å². The third kappa shape index (κ3) is 2.54. The number of para-hydroxylation sites is 1. The van der Waals surface area contributed by atoms with E-state index in [0.29, 0.717) is 18.7 Å². The summed E-state index contributed by atoms with van der Waals surface area (Å²) in [6.07, 6.45) is 0.733. The van der Waals surface area contributed by atoms with Crippen LogP contribution in [0.1, 0.15) is 27.9 Å². The lowest BCUT2D eigenvalue weighted by Crippen LogP contribution is -2.63. The Hall–Kier alpha value is -3.60. The van der Waals surface area contributed by atoms with Gasteiger partial charge in [0.1, 0.15) is 0 Å². The van der Waals surface area contributed by atoms with Gasteiger partial charge in [0.15, 0.2) is 5.66 Å². The lowest BCUT2D eigenvalue weighted by Gasteiger charge is -2.51. The molecule has 2 heterocycles. The molecule has 1 saturated heterocycles. The fourth-order valence-electron chi connectivity index (χ4n) is 4.61. The molecule has 0 spiro atoms. The van der Waals surface area contributed by atoms with E-state index >= 15 is 0 Å². The Kier molecular flexibility index (Phi) is 4.09. The second kappa shape index (κ2) is 6.78. The lowest BCUT2D eigenvalue weighted by atomic mass is 9.87. The van der Waals surface area contributed by atoms with Gasteiger partial charge in [-0.25, -0.2) is 4.79 Å². The third-order valence-corrected chi connectivity index (χ3v) is 5.77. The highest BCUT2D eigenvalue weighted by atomic mass is 16.2. The van der Waals surface area contributed by atoms with Gasteiger partial charge in [0, 0.05) is 35.5 Å². The summed E-state index contributed by atoms with van der Waals surface area (Å²) in [5.41, 5.74) is 2.23. The van der Waals surface area contributed by atoms with Crippen LogP contribution in [0.4, 0.5) is 10.5 Å². The lowest BCUT2D eigenvalue weighted by molar-refractivity contribution is -0.0100. The van der Waals surface area contributed by atoms with Crippen molar-refractivity contribution >= 4 is 17.6 Å². The first kappa shape index (κ1) is 17.5. The van der Waals surface area contributed by atoms with Gasteiger partial charge in [-0.3, -0.25) is 9.69 Å². The number of fused-ring (bicyclic) bond motifs is 3. The van der Waals surface area contributed by atoms with Gasteiger partial charge in [-0.05, 0) is 24.6 Å². The number of carbonyl (C=O) groups excluding carboxylic acids is 2. The number of hydrogen-bond acceptors (Lipinski definition) is 2. The maximum atomic E-state index is 13.5. The molecule has 2 aliphatic heterocycles. The van der Waals surface area contributed by atoms with Crippen molar-refractivity contribution in [2.75, 3.05) is 18.4 Å². The van der Waals surface area contributed by atoms with Crippen LogP contribution in [0.15, 0.2) is 84.9 Å². The minimum absolute atomic E-state index is 0.0262. The van der Waals surface area contributed by atoms with E-state index < -0.39 is 5.66 Å². The van der Waals surface area contributed by atoms with Gasteiger partial charge in [-0.1, -0.05) is 66.7 Å². The fraction of sp³-hybridized carbons (Fsp3) is 0.167. The first-order valence-electron chi connectivity index (χ1n) is 9.83. The minimum atomic E-state index is -0.938. The van der Waals surface area contributed by atoms with Gasteiger partial charge in [-0.2, -0.15) is 0 Å². The first-order chi connectivity index (χ1) is 14.2. The molecule has 0 aromatic heterocycles. The Bertz CT molecular complexity index is 1070. The Morgan fingerprint density at radius 3 is 2.24 bits per heavy atom. The molecule has 5 nitrogen and oxygen atoms in total. The molecule has 1 atom stereocenters. The van der Waals surface area contributed by atoms with Crippen LogP contribution in [-0.2, 0) is 5.66 Å². The zero-order valence-electron chi connectivity index (χ0n) is 15.9. The van der Waals surface area contributed by atoms with Crippen molar-refractivity contribution in [3.63, 3.8) is 0 Å². The molecule has 0 bridgehead atoms. The largest absolute Gasteiger partial charge is 0.324 e. The molecule has 3 aromatic carbocycles. The molecule has 1 N–H and O–H groups in total. The Balaban J connectivity index is 1.69. The standard InChI is InChI=1S/C24H21N3O2/c28-22-20-14-7-8-15-21(20)24(18-10-3-1-4-11-18)26(22)16-9-17-27(24)23(29)25-19-12-5-2-6-13-19/h1-8,10-15H,9,16-17H2,(H,25,29). The predicted molar refractivity (Wildman–Crippen MR) is 111 cm³/mol. The molecule has 1 unspecified atom stereocenters. The van der Waals surface area contributed by atoms with Gasteiger partial charge in [0.25, 0.3) is 5.91 Å². The molecule has 3 aromatic rings. The fourth-order valence-corrected chi connectivity index (χ4v) is 4.61. The van der Waals surface area contributed by atoms with E-state index in [1.54, 1.807) is 0 Å². The molecule has 1 fully saturated rings. The molecule has 5 rings (SSSR count). The van der Waals surface area contributed by atoms with Crippen LogP contribution in [0.5, 0.6) is 0 Å². The van der Waals surface area contributed by atoms with Crippen LogP contribution in [0.2, 0.25) is 0 Å². The predicted octanol–water partition coefficient (Wildman–Crippen LogP) is 4.28. The number of rotatable bonds is 2. The average Bonchev–Trinajstić information content (AvgIpc) is 3.05. The first-order valence-corrected chi connectivity index (χ1v) is 9.83. The Labute approximate surface area is 169 Å². The van der Waals surface area contributed by atoms with E-state index in [-0.39, 0.29) is 11.9 Å². The van der Waals surface area contributed by atoms with Crippen LogP contribution in [0, 0.1) is 0 Å². The number of urea groups is 1. The van der Waals surface area contributed by atoms with Crippen molar-refractivity contribution < 1.29 is 9.59 Å². The molecule has 0 radical (unpaired) electrons. The second-order valence-electron chi connectivity index (χ2n) is 7.34. The van der Waals surface area contributed by atoms with Crippen molar-refractivity contribution in [1.29, 1.82) is 0 Å². The van der Waals surface area contributed by atoms with E-state index in [2.05, 4.69) is 5.32 Å². The monoisotopic (exact) mass is 383 g/mol. The Morgan fingerprint density at radius 1 is 0.828 bits per heavy atom. The maximum absolute atomic E-state index is 13.5. The smallest absolute Gasteiger partial charge is 0.308 e. The van der Waals surface area contributed by atoms with E-state index in [4.69, 9.17) is 0 Å². The highest BCUT2D eigenvalue weighted by Crippen LogP contribution is 2.48. The summed E-state index contributed by atoms with van der Waals surface area (Å²) in [6.45, 7) is 1.17. The minimum Gasteiger partial charge on any atom is -0.308 e. The van der Waals surface area contributed by atoms with Crippen LogP contribution >= 0.6 is 0 Å². The maximum Gasteiger partial charge on any atom is 0.324 e.